The Bertz CT molecular complexity index is 1550. The quantitative estimate of drug-likeness (QED) is 0.181. The van der Waals surface area contributed by atoms with Crippen molar-refractivity contribution in [3.8, 4) is 0 Å². The summed E-state index contributed by atoms with van der Waals surface area (Å²) in [4.78, 5) is 97.7. The number of nitrogens with zero attached hydrogens (tertiary/aromatic N) is 2. The first-order valence-electron chi connectivity index (χ1n) is 19.7. The molecule has 3 unspecified atom stereocenters. The molecule has 1 aromatic carbocycles. The lowest BCUT2D eigenvalue weighted by molar-refractivity contribution is -0.147. The van der Waals surface area contributed by atoms with Crippen LogP contribution in [0.15, 0.2) is 30.3 Å². The van der Waals surface area contributed by atoms with Gasteiger partial charge in [0.25, 0.3) is 5.91 Å². The van der Waals surface area contributed by atoms with E-state index in [1.165, 1.54) is 4.90 Å². The van der Waals surface area contributed by atoms with Gasteiger partial charge >= 0.3 is 6.03 Å². The van der Waals surface area contributed by atoms with Crippen molar-refractivity contribution in [2.24, 2.45) is 17.8 Å². The zero-order valence-electron chi connectivity index (χ0n) is 32.5. The van der Waals surface area contributed by atoms with Crippen LogP contribution in [0, 0.1) is 17.8 Å². The number of likely N-dealkylation sites (N-methyl/N-ethyl adjacent to an activating group) is 1. The maximum atomic E-state index is 14.5. The second kappa shape index (κ2) is 17.8. The van der Waals surface area contributed by atoms with E-state index in [0.717, 1.165) is 64.2 Å². The van der Waals surface area contributed by atoms with E-state index in [9.17, 15) is 33.6 Å². The zero-order chi connectivity index (χ0) is 39.2. The minimum absolute atomic E-state index is 0.0578. The lowest BCUT2D eigenvalue weighted by Crippen LogP contribution is -2.62. The summed E-state index contributed by atoms with van der Waals surface area (Å²) >= 11 is 0. The van der Waals surface area contributed by atoms with Gasteiger partial charge in [0, 0.05) is 25.7 Å². The first kappa shape index (κ1) is 40.7. The van der Waals surface area contributed by atoms with E-state index in [4.69, 9.17) is 0 Å². The molecule has 14 heteroatoms. The minimum atomic E-state index is -1.14. The fourth-order valence-corrected chi connectivity index (χ4v) is 8.53. The van der Waals surface area contributed by atoms with E-state index >= 15 is 0 Å². The lowest BCUT2D eigenvalue weighted by atomic mass is 9.80. The standard InChI is InChI=1S/C40H59N7O7/c1-40(2,3)45-39(54)44-32(26-17-10-7-11-18-26)38(53)47-28-20-19-27(22-28)33(47)35(50)42-29(21-24-13-12-14-24)34(49)36(51)41-23-30(48)43-31(37(52)46(4)5)25-15-8-6-9-16-25/h6,8-9,15-16,24,26-29,31-33H,7,10-14,17-23H2,1-5H3,(H,41,51)(H,42,50)(H,43,48)(H2,44,45,54)/t27?,28?,29?,31-,32-,33-/m0/s1. The molecule has 7 amide bonds. The van der Waals surface area contributed by atoms with Crippen LogP contribution in [0.4, 0.5) is 4.79 Å². The van der Waals surface area contributed by atoms with Crippen molar-refractivity contribution in [1.82, 2.24) is 36.4 Å². The van der Waals surface area contributed by atoms with Crippen molar-refractivity contribution in [2.45, 2.75) is 134 Å². The highest BCUT2D eigenvalue weighted by atomic mass is 16.2. The maximum absolute atomic E-state index is 14.5. The summed E-state index contributed by atoms with van der Waals surface area (Å²) in [5, 5.41) is 13.8. The van der Waals surface area contributed by atoms with Gasteiger partial charge in [-0.15, -0.1) is 0 Å². The Kier molecular flexibility index (Phi) is 13.4. The summed E-state index contributed by atoms with van der Waals surface area (Å²) in [7, 11) is 3.15. The minimum Gasteiger partial charge on any atom is -0.347 e. The number of carbonyl (C=O) groups is 7. The maximum Gasteiger partial charge on any atom is 0.315 e. The molecular weight excluding hydrogens is 690 g/mol. The van der Waals surface area contributed by atoms with E-state index in [1.54, 1.807) is 49.3 Å². The van der Waals surface area contributed by atoms with Crippen LogP contribution in [-0.2, 0) is 28.8 Å². The number of Topliss-reactive ketones (excluding diaryl/α,β-unsaturated/α-hetero) is 1. The average Bonchev–Trinajstić information content (AvgIpc) is 3.74. The molecular formula is C40H59N7O7. The fraction of sp³-hybridized carbons (Fsp3) is 0.675. The molecule has 4 fully saturated rings. The Morgan fingerprint density at radius 3 is 2.13 bits per heavy atom. The van der Waals surface area contributed by atoms with Crippen molar-refractivity contribution in [3.63, 3.8) is 0 Å². The van der Waals surface area contributed by atoms with Gasteiger partial charge in [-0.1, -0.05) is 68.9 Å². The van der Waals surface area contributed by atoms with E-state index < -0.39 is 65.8 Å². The number of likely N-dealkylation sites (tertiary alicyclic amines) is 1. The van der Waals surface area contributed by atoms with Gasteiger partial charge in [-0.05, 0) is 82.6 Å². The van der Waals surface area contributed by atoms with Gasteiger partial charge < -0.3 is 36.4 Å². The number of amides is 7. The molecule has 0 radical (unpaired) electrons. The number of carbonyl (C=O) groups excluding carboxylic acids is 7. The zero-order valence-corrected chi connectivity index (χ0v) is 32.5. The smallest absolute Gasteiger partial charge is 0.315 e. The van der Waals surface area contributed by atoms with Gasteiger partial charge in [-0.3, -0.25) is 28.8 Å². The van der Waals surface area contributed by atoms with Gasteiger partial charge in [0.15, 0.2) is 0 Å². The van der Waals surface area contributed by atoms with Crippen molar-refractivity contribution in [2.75, 3.05) is 20.6 Å². The van der Waals surface area contributed by atoms with Crippen LogP contribution < -0.4 is 26.6 Å². The molecule has 54 heavy (non-hydrogen) atoms. The van der Waals surface area contributed by atoms with Crippen LogP contribution in [0.5, 0.6) is 0 Å². The van der Waals surface area contributed by atoms with Crippen LogP contribution in [0.1, 0.15) is 109 Å². The second-order valence-corrected chi connectivity index (χ2v) is 16.9. The number of benzene rings is 1. The molecule has 2 bridgehead atoms. The number of fused-ring (bicyclic) bond motifs is 2. The third-order valence-corrected chi connectivity index (χ3v) is 11.5. The lowest BCUT2D eigenvalue weighted by Gasteiger charge is -2.40. The van der Waals surface area contributed by atoms with Gasteiger partial charge in [-0.25, -0.2) is 4.79 Å². The fourth-order valence-electron chi connectivity index (χ4n) is 8.53. The first-order chi connectivity index (χ1) is 25.6. The van der Waals surface area contributed by atoms with Crippen LogP contribution in [-0.4, -0.2) is 101 Å². The van der Waals surface area contributed by atoms with Crippen molar-refractivity contribution in [3.05, 3.63) is 35.9 Å². The molecule has 1 aromatic rings. The number of urea groups is 1. The molecule has 3 aliphatic carbocycles. The van der Waals surface area contributed by atoms with Gasteiger partial charge in [0.2, 0.25) is 29.4 Å². The largest absolute Gasteiger partial charge is 0.347 e. The summed E-state index contributed by atoms with van der Waals surface area (Å²) in [6, 6.07) is 4.39. The van der Waals surface area contributed by atoms with Crippen LogP contribution in [0.25, 0.3) is 0 Å². The molecule has 296 valence electrons. The van der Waals surface area contributed by atoms with E-state index in [0.29, 0.717) is 12.0 Å². The third kappa shape index (κ3) is 10.2. The number of nitrogens with one attached hydrogen (secondary N) is 5. The molecule has 5 rings (SSSR count). The average molecular weight is 750 g/mol. The normalized spacial score (nSPS) is 22.9. The van der Waals surface area contributed by atoms with Crippen molar-refractivity contribution >= 4 is 41.4 Å². The van der Waals surface area contributed by atoms with Crippen LogP contribution >= 0.6 is 0 Å². The first-order valence-corrected chi connectivity index (χ1v) is 19.7. The van der Waals surface area contributed by atoms with E-state index in [-0.39, 0.29) is 42.0 Å². The van der Waals surface area contributed by atoms with Crippen molar-refractivity contribution in [1.29, 1.82) is 0 Å². The van der Waals surface area contributed by atoms with E-state index in [1.807, 2.05) is 20.8 Å². The molecule has 1 aliphatic heterocycles. The number of rotatable bonds is 14. The molecule has 4 aliphatic rings. The monoisotopic (exact) mass is 749 g/mol. The highest BCUT2D eigenvalue weighted by Crippen LogP contribution is 2.44. The molecule has 0 spiro atoms. The molecule has 5 N–H and O–H groups in total. The van der Waals surface area contributed by atoms with Gasteiger partial charge in [0.05, 0.1) is 12.6 Å². The Balaban J connectivity index is 1.27. The summed E-state index contributed by atoms with van der Waals surface area (Å²) in [6.07, 6.45) is 9.77. The Morgan fingerprint density at radius 1 is 0.833 bits per heavy atom. The SMILES string of the molecule is CN(C)C(=O)[C@@H](NC(=O)CNC(=O)C(=O)C(CC1CCC1)NC(=O)[C@@H]1C2CCC(C2)N1C(=O)[C@@H](NC(=O)NC(C)(C)C)C1CCCCC1)c1ccccc1. The molecule has 6 atom stereocenters. The summed E-state index contributed by atoms with van der Waals surface area (Å²) < 4.78 is 0. The number of hydrogen-bond donors (Lipinski definition) is 5. The van der Waals surface area contributed by atoms with Crippen LogP contribution in [0.3, 0.4) is 0 Å². The van der Waals surface area contributed by atoms with Gasteiger partial charge in [0.1, 0.15) is 18.1 Å². The predicted octanol–water partition coefficient (Wildman–Crippen LogP) is 2.72. The Labute approximate surface area is 318 Å². The highest BCUT2D eigenvalue weighted by molar-refractivity contribution is 6.38. The van der Waals surface area contributed by atoms with E-state index in [2.05, 4.69) is 26.6 Å². The summed E-state index contributed by atoms with van der Waals surface area (Å²) in [5.74, 6) is -3.66. The number of hydrogen-bond acceptors (Lipinski definition) is 7. The number of piperidine rings is 1. The Morgan fingerprint density at radius 2 is 1.52 bits per heavy atom. The topological polar surface area (TPSA) is 186 Å². The molecule has 1 saturated heterocycles. The predicted molar refractivity (Wildman–Crippen MR) is 201 cm³/mol. The summed E-state index contributed by atoms with van der Waals surface area (Å²) in [6.45, 7) is 5.06. The van der Waals surface area contributed by atoms with Crippen LogP contribution in [0.2, 0.25) is 0 Å². The van der Waals surface area contributed by atoms with Crippen molar-refractivity contribution < 1.29 is 33.6 Å². The summed E-state index contributed by atoms with van der Waals surface area (Å²) in [5.41, 5.74) is 0.0602. The number of ketones is 1. The molecule has 14 nitrogen and oxygen atoms in total. The highest BCUT2D eigenvalue weighted by Gasteiger charge is 2.54. The third-order valence-electron chi connectivity index (χ3n) is 11.5. The molecule has 0 aromatic heterocycles. The second-order valence-electron chi connectivity index (χ2n) is 16.9. The molecule has 3 saturated carbocycles. The van der Waals surface area contributed by atoms with Gasteiger partial charge in [-0.2, -0.15) is 0 Å². The Hall–Kier alpha value is -4.49. The molecule has 1 heterocycles.